The number of nitrogens with one attached hydrogen (secondary N) is 2. The molecule has 0 saturated carbocycles. The van der Waals surface area contributed by atoms with Crippen molar-refractivity contribution in [2.24, 2.45) is 0 Å². The number of aliphatic hydroxyl groups is 1. The van der Waals surface area contributed by atoms with Gasteiger partial charge in [-0.05, 0) is 111 Å². The number of aryl methyl sites for hydroxylation is 2. The molecule has 3 aromatic heterocycles. The van der Waals surface area contributed by atoms with Crippen LogP contribution < -0.4 is 0 Å². The lowest BCUT2D eigenvalue weighted by atomic mass is 9.98. The van der Waals surface area contributed by atoms with Crippen molar-refractivity contribution in [1.82, 2.24) is 19.9 Å². The van der Waals surface area contributed by atoms with Crippen molar-refractivity contribution in [3.8, 4) is 0 Å². The van der Waals surface area contributed by atoms with Gasteiger partial charge in [0.1, 0.15) is 0 Å². The van der Waals surface area contributed by atoms with Gasteiger partial charge in [0.2, 0.25) is 0 Å². The molecule has 2 aliphatic rings. The number of H-pyrrole nitrogens is 2. The maximum absolute atomic E-state index is 11.5. The first kappa shape index (κ1) is 28.0. The van der Waals surface area contributed by atoms with Crippen LogP contribution >= 0.6 is 0 Å². The molecule has 5 heterocycles. The molecular formula is C32H34N4O5. The number of allylic oxidation sites excluding steroid dienone is 4. The van der Waals surface area contributed by atoms with Crippen LogP contribution in [0, 0.1) is 13.8 Å². The smallest absolute Gasteiger partial charge is 0.303 e. The average molecular weight is 555 g/mol. The largest absolute Gasteiger partial charge is 0.481 e. The third kappa shape index (κ3) is 5.45. The number of carboxylic acid groups (broad SMARTS) is 2. The summed E-state index contributed by atoms with van der Waals surface area (Å²) in [6.45, 7) is 9.59. The summed E-state index contributed by atoms with van der Waals surface area (Å²) in [4.78, 5) is 39.7. The summed E-state index contributed by atoms with van der Waals surface area (Å²) >= 11 is 0. The number of aliphatic hydroxyl groups excluding tert-OH is 1. The Hall–Kier alpha value is -4.50. The summed E-state index contributed by atoms with van der Waals surface area (Å²) in [5.41, 5.74) is 12.1. The molecule has 0 fully saturated rings. The third-order valence-corrected chi connectivity index (χ3v) is 7.95. The molecule has 9 heteroatoms. The Morgan fingerprint density at radius 1 is 0.732 bits per heavy atom. The first-order chi connectivity index (χ1) is 19.4. The van der Waals surface area contributed by atoms with Crippen molar-refractivity contribution >= 4 is 56.3 Å². The van der Waals surface area contributed by atoms with Crippen molar-refractivity contribution in [2.75, 3.05) is 0 Å². The molecule has 0 amide bonds. The van der Waals surface area contributed by atoms with E-state index in [0.29, 0.717) is 29.9 Å². The molecule has 0 spiro atoms. The van der Waals surface area contributed by atoms with E-state index in [0.717, 1.165) is 66.7 Å². The van der Waals surface area contributed by atoms with E-state index in [1.807, 2.05) is 58.0 Å². The van der Waals surface area contributed by atoms with Gasteiger partial charge in [-0.1, -0.05) is 0 Å². The summed E-state index contributed by atoms with van der Waals surface area (Å²) in [5, 5.41) is 29.5. The molecule has 0 aromatic carbocycles. The highest BCUT2D eigenvalue weighted by Crippen LogP contribution is 2.38. The quantitative estimate of drug-likeness (QED) is 0.221. The minimum absolute atomic E-state index is 0.0360. The molecule has 0 aliphatic carbocycles. The number of aromatic amines is 2. The number of aromatic nitrogens is 4. The summed E-state index contributed by atoms with van der Waals surface area (Å²) in [6.07, 6.45) is -0.183. The second kappa shape index (κ2) is 10.8. The summed E-state index contributed by atoms with van der Waals surface area (Å²) < 4.78 is 0. The Bertz CT molecular complexity index is 1820. The first-order valence-electron chi connectivity index (χ1n) is 13.7. The van der Waals surface area contributed by atoms with Gasteiger partial charge < -0.3 is 25.3 Å². The molecule has 5 rings (SSSR count). The first-order valence-corrected chi connectivity index (χ1v) is 13.7. The zero-order valence-corrected chi connectivity index (χ0v) is 23.8. The zero-order valence-electron chi connectivity index (χ0n) is 23.8. The lowest BCUT2D eigenvalue weighted by Crippen LogP contribution is -1.97. The van der Waals surface area contributed by atoms with Gasteiger partial charge in [0.05, 0.1) is 28.9 Å². The van der Waals surface area contributed by atoms with Gasteiger partial charge in [-0.2, -0.15) is 0 Å². The van der Waals surface area contributed by atoms with Crippen LogP contribution in [-0.4, -0.2) is 47.2 Å². The fourth-order valence-electron chi connectivity index (χ4n) is 5.71. The molecular weight excluding hydrogens is 520 g/mol. The predicted molar refractivity (Wildman–Crippen MR) is 160 cm³/mol. The van der Waals surface area contributed by atoms with E-state index in [1.54, 1.807) is 6.92 Å². The number of hydrogen-bond donors (Lipinski definition) is 5. The van der Waals surface area contributed by atoms with Gasteiger partial charge in [0.25, 0.3) is 0 Å². The number of carbonyl (C=O) groups is 2. The van der Waals surface area contributed by atoms with E-state index in [-0.39, 0.29) is 12.8 Å². The maximum atomic E-state index is 11.5. The van der Waals surface area contributed by atoms with Crippen LogP contribution in [-0.2, 0) is 9.59 Å². The maximum Gasteiger partial charge on any atom is 0.303 e. The molecule has 9 nitrogen and oxygen atoms in total. The van der Waals surface area contributed by atoms with Crippen molar-refractivity contribution < 1.29 is 24.9 Å². The normalized spacial score (nSPS) is 14.1. The van der Waals surface area contributed by atoms with Gasteiger partial charge in [-0.15, -0.1) is 0 Å². The predicted octanol–water partition coefficient (Wildman–Crippen LogP) is 6.58. The van der Waals surface area contributed by atoms with Gasteiger partial charge >= 0.3 is 11.9 Å². The van der Waals surface area contributed by atoms with E-state index >= 15 is 0 Å². The molecule has 212 valence electrons. The molecule has 0 radical (unpaired) electrons. The highest BCUT2D eigenvalue weighted by atomic mass is 16.4. The Morgan fingerprint density at radius 2 is 1.29 bits per heavy atom. The molecule has 1 atom stereocenters. The Labute approximate surface area is 237 Å². The van der Waals surface area contributed by atoms with E-state index < -0.39 is 18.0 Å². The molecule has 1 unspecified atom stereocenters. The van der Waals surface area contributed by atoms with Gasteiger partial charge in [-0.3, -0.25) is 9.59 Å². The summed E-state index contributed by atoms with van der Waals surface area (Å²) in [5.74, 6) is -1.79. The lowest BCUT2D eigenvalue weighted by molar-refractivity contribution is -0.137. The number of nitrogens with zero attached hydrogens (tertiary/aromatic N) is 2. The minimum Gasteiger partial charge on any atom is -0.481 e. The van der Waals surface area contributed by atoms with Crippen LogP contribution in [0.15, 0.2) is 30.3 Å². The number of aliphatic carboxylic acids is 2. The standard InChI is InChI=1S/C32H34N4O5/c1-15-10-20-11-24-16(2)21(6-8-30(38)39)27(34-24)14-28-22(7-9-31(40)41)17(3)25(35-28)13-26-18(4)32(19(5)37)29(36-26)12-23(15)33-20/h10-14,19,33,36-37H,6-9H2,1-5H3,(H,38,39)(H,40,41). The average Bonchev–Trinajstić information content (AvgIpc) is 3.56. The highest BCUT2D eigenvalue weighted by molar-refractivity contribution is 5.96. The number of hydrogen-bond acceptors (Lipinski definition) is 5. The molecule has 8 bridgehead atoms. The second-order valence-corrected chi connectivity index (χ2v) is 10.8. The van der Waals surface area contributed by atoms with Crippen molar-refractivity contribution in [2.45, 2.75) is 66.4 Å². The molecule has 2 aliphatic heterocycles. The van der Waals surface area contributed by atoms with Crippen LogP contribution in [0.4, 0.5) is 0 Å². The van der Waals surface area contributed by atoms with E-state index in [4.69, 9.17) is 9.97 Å². The third-order valence-electron chi connectivity index (χ3n) is 7.95. The van der Waals surface area contributed by atoms with Crippen molar-refractivity contribution in [3.05, 3.63) is 69.8 Å². The van der Waals surface area contributed by atoms with E-state index in [9.17, 15) is 24.9 Å². The SMILES string of the molecule is CC1=C(CCC(=O)O)c2cc3nc(cc4[nH]c(cc5[nH]c(cc1n2)cc5C)c(C(C)O)c4C)C(C)=C3CCC(=O)O. The number of rotatable bonds is 7. The van der Waals surface area contributed by atoms with Crippen LogP contribution in [0.1, 0.15) is 92.0 Å². The second-order valence-electron chi connectivity index (χ2n) is 10.8. The minimum atomic E-state index is -0.899. The molecule has 41 heavy (non-hydrogen) atoms. The fourth-order valence-corrected chi connectivity index (χ4v) is 5.71. The molecule has 0 saturated heterocycles. The van der Waals surface area contributed by atoms with Gasteiger partial charge in [0.15, 0.2) is 0 Å². The van der Waals surface area contributed by atoms with Crippen LogP contribution in [0.2, 0.25) is 0 Å². The van der Waals surface area contributed by atoms with Crippen LogP contribution in [0.3, 0.4) is 0 Å². The zero-order chi connectivity index (χ0) is 29.6. The van der Waals surface area contributed by atoms with Gasteiger partial charge in [-0.25, -0.2) is 9.97 Å². The molecule has 5 N–H and O–H groups in total. The van der Waals surface area contributed by atoms with Crippen LogP contribution in [0.5, 0.6) is 0 Å². The number of carboxylic acids is 2. The summed E-state index contributed by atoms with van der Waals surface area (Å²) in [7, 11) is 0. The topological polar surface area (TPSA) is 152 Å². The van der Waals surface area contributed by atoms with Crippen LogP contribution in [0.25, 0.3) is 44.4 Å². The number of fused-ring (bicyclic) bond motifs is 8. The van der Waals surface area contributed by atoms with Crippen molar-refractivity contribution in [3.63, 3.8) is 0 Å². The van der Waals surface area contributed by atoms with Gasteiger partial charge in [0, 0.05) is 40.5 Å². The Morgan fingerprint density at radius 3 is 1.83 bits per heavy atom. The van der Waals surface area contributed by atoms with E-state index in [2.05, 4.69) is 9.97 Å². The lowest BCUT2D eigenvalue weighted by Gasteiger charge is -2.05. The van der Waals surface area contributed by atoms with E-state index in [1.165, 1.54) is 0 Å². The Balaban J connectivity index is 1.89. The monoisotopic (exact) mass is 554 g/mol. The fraction of sp³-hybridized carbons (Fsp3) is 0.312. The molecule has 3 aromatic rings. The highest BCUT2D eigenvalue weighted by Gasteiger charge is 2.22. The Kier molecular flexibility index (Phi) is 7.40. The van der Waals surface area contributed by atoms with Crippen molar-refractivity contribution in [1.29, 1.82) is 0 Å². The summed E-state index contributed by atoms with van der Waals surface area (Å²) in [6, 6.07) is 9.75.